The van der Waals surface area contributed by atoms with Gasteiger partial charge in [0.15, 0.2) is 5.76 Å². The first-order valence-electron chi connectivity index (χ1n) is 7.15. The van der Waals surface area contributed by atoms with Gasteiger partial charge in [0, 0.05) is 21.4 Å². The van der Waals surface area contributed by atoms with Crippen LogP contribution < -0.4 is 4.72 Å². The van der Waals surface area contributed by atoms with Crippen LogP contribution in [0.2, 0.25) is 0 Å². The zero-order valence-electron chi connectivity index (χ0n) is 13.8. The van der Waals surface area contributed by atoms with E-state index in [1.807, 2.05) is 41.5 Å². The van der Waals surface area contributed by atoms with Gasteiger partial charge in [-0.3, -0.25) is 0 Å². The minimum atomic E-state index is -3.64. The Morgan fingerprint density at radius 1 is 1.27 bits per heavy atom. The first-order valence-corrected chi connectivity index (χ1v) is 9.45. The van der Waals surface area contributed by atoms with Crippen LogP contribution >= 0.6 is 11.3 Å². The van der Waals surface area contributed by atoms with Crippen molar-refractivity contribution in [3.05, 3.63) is 21.5 Å². The van der Waals surface area contributed by atoms with E-state index in [1.54, 1.807) is 6.07 Å². The van der Waals surface area contributed by atoms with E-state index in [0.29, 0.717) is 22.6 Å². The van der Waals surface area contributed by atoms with Crippen molar-refractivity contribution in [3.63, 3.8) is 0 Å². The predicted octanol–water partition coefficient (Wildman–Crippen LogP) is 3.80. The first-order chi connectivity index (χ1) is 10.1. The number of hydrogen-bond donors (Lipinski definition) is 1. The SMILES string of the molecule is CCC(C)(C)NS(=O)(=O)c1c(C)sc(C)c1-c1cc(C)no1. The van der Waals surface area contributed by atoms with E-state index in [2.05, 4.69) is 9.88 Å². The van der Waals surface area contributed by atoms with Crippen LogP contribution in [0.5, 0.6) is 0 Å². The highest BCUT2D eigenvalue weighted by molar-refractivity contribution is 7.90. The van der Waals surface area contributed by atoms with Crippen LogP contribution in [-0.4, -0.2) is 19.1 Å². The normalized spacial score (nSPS) is 12.8. The minimum Gasteiger partial charge on any atom is -0.356 e. The van der Waals surface area contributed by atoms with Crippen LogP contribution in [0.1, 0.15) is 42.6 Å². The number of rotatable bonds is 5. The summed E-state index contributed by atoms with van der Waals surface area (Å²) in [6, 6.07) is 1.76. The van der Waals surface area contributed by atoms with Crippen LogP contribution in [0, 0.1) is 20.8 Å². The molecule has 2 heterocycles. The average Bonchev–Trinajstić information content (AvgIpc) is 2.91. The molecular formula is C15H22N2O3S2. The van der Waals surface area contributed by atoms with Crippen LogP contribution in [0.25, 0.3) is 11.3 Å². The lowest BCUT2D eigenvalue weighted by Gasteiger charge is -2.24. The molecule has 0 aliphatic rings. The lowest BCUT2D eigenvalue weighted by Crippen LogP contribution is -2.42. The molecule has 0 amide bonds. The molecule has 0 fully saturated rings. The maximum Gasteiger partial charge on any atom is 0.242 e. The molecule has 0 unspecified atom stereocenters. The molecule has 1 N–H and O–H groups in total. The fourth-order valence-corrected chi connectivity index (χ4v) is 5.59. The molecular weight excluding hydrogens is 320 g/mol. The number of thiophene rings is 1. The van der Waals surface area contributed by atoms with Gasteiger partial charge in [0.05, 0.1) is 11.3 Å². The molecule has 0 aromatic carbocycles. The molecule has 5 nitrogen and oxygen atoms in total. The molecule has 122 valence electrons. The minimum absolute atomic E-state index is 0.299. The van der Waals surface area contributed by atoms with Crippen molar-refractivity contribution >= 4 is 21.4 Å². The molecule has 0 aliphatic heterocycles. The lowest BCUT2D eigenvalue weighted by atomic mass is 10.0. The van der Waals surface area contributed by atoms with Crippen LogP contribution in [0.4, 0.5) is 0 Å². The Balaban J connectivity index is 2.61. The molecule has 0 radical (unpaired) electrons. The van der Waals surface area contributed by atoms with Gasteiger partial charge in [0.25, 0.3) is 0 Å². The second-order valence-electron chi connectivity index (χ2n) is 6.09. The Morgan fingerprint density at radius 2 is 1.91 bits per heavy atom. The number of aryl methyl sites for hydroxylation is 3. The van der Waals surface area contributed by atoms with E-state index in [1.165, 1.54) is 11.3 Å². The maximum atomic E-state index is 12.9. The largest absolute Gasteiger partial charge is 0.356 e. The highest BCUT2D eigenvalue weighted by Gasteiger charge is 2.32. The van der Waals surface area contributed by atoms with E-state index in [9.17, 15) is 8.42 Å². The second-order valence-corrected chi connectivity index (χ2v) is 9.14. The van der Waals surface area contributed by atoms with Crippen molar-refractivity contribution in [2.75, 3.05) is 0 Å². The topological polar surface area (TPSA) is 72.2 Å². The van der Waals surface area contributed by atoms with Crippen molar-refractivity contribution in [2.24, 2.45) is 0 Å². The zero-order valence-corrected chi connectivity index (χ0v) is 15.4. The van der Waals surface area contributed by atoms with E-state index >= 15 is 0 Å². The molecule has 22 heavy (non-hydrogen) atoms. The summed E-state index contributed by atoms with van der Waals surface area (Å²) in [5.41, 5.74) is 0.835. The summed E-state index contributed by atoms with van der Waals surface area (Å²) in [5.74, 6) is 0.494. The quantitative estimate of drug-likeness (QED) is 0.897. The van der Waals surface area contributed by atoms with Crippen molar-refractivity contribution in [1.82, 2.24) is 9.88 Å². The summed E-state index contributed by atoms with van der Waals surface area (Å²) >= 11 is 1.45. The van der Waals surface area contributed by atoms with Gasteiger partial charge < -0.3 is 4.52 Å². The fourth-order valence-electron chi connectivity index (χ4n) is 2.24. The zero-order chi connectivity index (χ0) is 16.7. The van der Waals surface area contributed by atoms with Crippen LogP contribution in [0.15, 0.2) is 15.5 Å². The van der Waals surface area contributed by atoms with Gasteiger partial charge >= 0.3 is 0 Å². The van der Waals surface area contributed by atoms with Gasteiger partial charge in [0.2, 0.25) is 10.0 Å². The summed E-state index contributed by atoms with van der Waals surface area (Å²) in [4.78, 5) is 1.96. The smallest absolute Gasteiger partial charge is 0.242 e. The average molecular weight is 342 g/mol. The summed E-state index contributed by atoms with van der Waals surface area (Å²) in [6.45, 7) is 11.2. The van der Waals surface area contributed by atoms with Crippen molar-refractivity contribution in [1.29, 1.82) is 0 Å². The lowest BCUT2D eigenvalue weighted by molar-refractivity contribution is 0.425. The molecule has 0 aliphatic carbocycles. The summed E-state index contributed by atoms with van der Waals surface area (Å²) in [7, 11) is -3.64. The van der Waals surface area contributed by atoms with Gasteiger partial charge in [-0.2, -0.15) is 0 Å². The monoisotopic (exact) mass is 342 g/mol. The van der Waals surface area contributed by atoms with Gasteiger partial charge in [-0.15, -0.1) is 11.3 Å². The second kappa shape index (κ2) is 5.79. The number of hydrogen-bond acceptors (Lipinski definition) is 5. The molecule has 0 saturated carbocycles. The number of sulfonamides is 1. The Bertz CT molecular complexity index is 786. The molecule has 0 spiro atoms. The predicted molar refractivity (Wildman–Crippen MR) is 88.7 cm³/mol. The van der Waals surface area contributed by atoms with Gasteiger partial charge in [-0.05, 0) is 41.0 Å². The summed E-state index contributed by atoms with van der Waals surface area (Å²) < 4.78 is 33.8. The third kappa shape index (κ3) is 3.26. The van der Waals surface area contributed by atoms with Gasteiger partial charge in [-0.25, -0.2) is 13.1 Å². The first kappa shape index (κ1) is 17.2. The van der Waals surface area contributed by atoms with E-state index in [-0.39, 0.29) is 0 Å². The van der Waals surface area contributed by atoms with Gasteiger partial charge in [-0.1, -0.05) is 12.1 Å². The summed E-state index contributed by atoms with van der Waals surface area (Å²) in [6.07, 6.45) is 0.700. The van der Waals surface area contributed by atoms with Crippen molar-refractivity contribution in [2.45, 2.75) is 58.4 Å². The molecule has 0 saturated heterocycles. The highest BCUT2D eigenvalue weighted by atomic mass is 32.2. The van der Waals surface area contributed by atoms with Gasteiger partial charge in [0.1, 0.15) is 4.90 Å². The molecule has 0 atom stereocenters. The van der Waals surface area contributed by atoms with Crippen molar-refractivity contribution < 1.29 is 12.9 Å². The Labute approximate surface area is 135 Å². The number of aromatic nitrogens is 1. The van der Waals surface area contributed by atoms with Crippen molar-refractivity contribution in [3.8, 4) is 11.3 Å². The van der Waals surface area contributed by atoms with Crippen LogP contribution in [-0.2, 0) is 10.0 Å². The summed E-state index contributed by atoms with van der Waals surface area (Å²) in [5, 5.41) is 3.87. The maximum absolute atomic E-state index is 12.9. The molecule has 7 heteroatoms. The van der Waals surface area contributed by atoms with E-state index in [0.717, 1.165) is 15.4 Å². The molecule has 2 aromatic heterocycles. The Morgan fingerprint density at radius 3 is 2.41 bits per heavy atom. The third-order valence-electron chi connectivity index (χ3n) is 3.64. The Hall–Kier alpha value is -1.18. The molecule has 2 aromatic rings. The van der Waals surface area contributed by atoms with Crippen LogP contribution in [0.3, 0.4) is 0 Å². The number of nitrogens with one attached hydrogen (secondary N) is 1. The standard InChI is InChI=1S/C15H22N2O3S2/c1-7-15(5,6)17-22(18,19)14-11(4)21-10(3)13(14)12-8-9(2)16-20-12/h8,17H,7H2,1-6H3. The molecule has 0 bridgehead atoms. The van der Waals surface area contributed by atoms with E-state index in [4.69, 9.17) is 4.52 Å². The Kier molecular flexibility index (Phi) is 4.52. The highest BCUT2D eigenvalue weighted by Crippen LogP contribution is 2.39. The third-order valence-corrected chi connectivity index (χ3v) is 6.66. The van der Waals surface area contributed by atoms with E-state index < -0.39 is 15.6 Å². The fraction of sp³-hybridized carbons (Fsp3) is 0.533. The number of nitrogens with zero attached hydrogens (tertiary/aromatic N) is 1. The molecule has 2 rings (SSSR count).